The fourth-order valence-electron chi connectivity index (χ4n) is 1.99. The van der Waals surface area contributed by atoms with Crippen molar-refractivity contribution < 1.29 is 0 Å². The monoisotopic (exact) mass is 276 g/mol. The molecule has 1 atom stereocenters. The summed E-state index contributed by atoms with van der Waals surface area (Å²) in [5.74, 6) is 0. The first kappa shape index (κ1) is 14.5. The quantitative estimate of drug-likeness (QED) is 0.868. The molecule has 0 aliphatic rings. The van der Waals surface area contributed by atoms with Crippen molar-refractivity contribution in [2.24, 2.45) is 0 Å². The Hall–Kier alpha value is -0.900. The first-order valence-corrected chi connectivity index (χ1v) is 7.77. The summed E-state index contributed by atoms with van der Waals surface area (Å²) in [6, 6.07) is 9.09. The van der Waals surface area contributed by atoms with Crippen LogP contribution in [0.5, 0.6) is 0 Å². The van der Waals surface area contributed by atoms with Gasteiger partial charge in [0.25, 0.3) is 0 Å². The molecule has 0 aliphatic carbocycles. The molecule has 104 valence electrons. The van der Waals surface area contributed by atoms with Crippen LogP contribution in [0.2, 0.25) is 0 Å². The molecule has 1 aromatic carbocycles. The van der Waals surface area contributed by atoms with Gasteiger partial charge in [-0.05, 0) is 50.1 Å². The van der Waals surface area contributed by atoms with Crippen molar-refractivity contribution in [2.75, 3.05) is 6.54 Å². The summed E-state index contributed by atoms with van der Waals surface area (Å²) in [6.45, 7) is 10.8. The highest BCUT2D eigenvalue weighted by Crippen LogP contribution is 2.25. The van der Waals surface area contributed by atoms with Crippen LogP contribution in [0.25, 0.3) is 10.1 Å². The zero-order valence-corrected chi connectivity index (χ0v) is 13.1. The first-order valence-electron chi connectivity index (χ1n) is 6.89. The number of thiophene rings is 1. The van der Waals surface area contributed by atoms with Crippen molar-refractivity contribution in [3.63, 3.8) is 0 Å². The van der Waals surface area contributed by atoms with Crippen LogP contribution < -0.4 is 10.6 Å². The molecule has 1 aromatic heterocycles. The molecule has 2 nitrogen and oxygen atoms in total. The normalized spacial score (nSPS) is 13.9. The van der Waals surface area contributed by atoms with E-state index in [0.717, 1.165) is 13.1 Å². The van der Waals surface area contributed by atoms with Gasteiger partial charge in [-0.3, -0.25) is 0 Å². The summed E-state index contributed by atoms with van der Waals surface area (Å²) in [7, 11) is 0. The second-order valence-corrected chi connectivity index (χ2v) is 7.08. The van der Waals surface area contributed by atoms with Gasteiger partial charge in [0.1, 0.15) is 0 Å². The lowest BCUT2D eigenvalue weighted by molar-refractivity contribution is 0.387. The Morgan fingerprint density at radius 1 is 1.21 bits per heavy atom. The Kier molecular flexibility index (Phi) is 4.61. The molecular formula is C16H24N2S. The van der Waals surface area contributed by atoms with Gasteiger partial charge in [-0.25, -0.2) is 0 Å². The number of fused-ring (bicyclic) bond motifs is 1. The van der Waals surface area contributed by atoms with Crippen molar-refractivity contribution in [1.29, 1.82) is 0 Å². The maximum Gasteiger partial charge on any atom is 0.0346 e. The van der Waals surface area contributed by atoms with Gasteiger partial charge in [-0.2, -0.15) is 0 Å². The van der Waals surface area contributed by atoms with Gasteiger partial charge in [0.15, 0.2) is 0 Å². The smallest absolute Gasteiger partial charge is 0.0346 e. The molecule has 0 radical (unpaired) electrons. The third-order valence-corrected chi connectivity index (χ3v) is 4.15. The second kappa shape index (κ2) is 6.04. The fraction of sp³-hybridized carbons (Fsp3) is 0.500. The molecule has 0 spiro atoms. The summed E-state index contributed by atoms with van der Waals surface area (Å²) in [6.07, 6.45) is 0. The largest absolute Gasteiger partial charge is 0.311 e. The average Bonchev–Trinajstić information content (AvgIpc) is 2.76. The molecule has 3 heteroatoms. The van der Waals surface area contributed by atoms with E-state index in [1.807, 2.05) is 11.3 Å². The molecule has 0 amide bonds. The number of benzene rings is 1. The van der Waals surface area contributed by atoms with Crippen molar-refractivity contribution in [1.82, 2.24) is 10.6 Å². The predicted octanol–water partition coefficient (Wildman–Crippen LogP) is 3.77. The molecule has 0 bridgehead atoms. The molecular weight excluding hydrogens is 252 g/mol. The summed E-state index contributed by atoms with van der Waals surface area (Å²) in [4.78, 5) is 0. The second-order valence-electron chi connectivity index (χ2n) is 6.17. The van der Waals surface area contributed by atoms with Crippen molar-refractivity contribution in [3.8, 4) is 0 Å². The van der Waals surface area contributed by atoms with Crippen LogP contribution >= 0.6 is 11.3 Å². The van der Waals surface area contributed by atoms with Crippen LogP contribution in [0.1, 0.15) is 33.3 Å². The average molecular weight is 276 g/mol. The molecule has 0 fully saturated rings. The molecule has 0 saturated heterocycles. The topological polar surface area (TPSA) is 24.1 Å². The summed E-state index contributed by atoms with van der Waals surface area (Å²) >= 11 is 1.83. The maximum absolute atomic E-state index is 3.59. The Labute approximate surface area is 120 Å². The SMILES string of the molecule is CC(CNC(C)(C)C)NCc1csc2ccccc12. The molecule has 0 saturated carbocycles. The van der Waals surface area contributed by atoms with Gasteiger partial charge in [-0.15, -0.1) is 11.3 Å². The van der Waals surface area contributed by atoms with Crippen LogP contribution in [0.3, 0.4) is 0 Å². The Balaban J connectivity index is 1.88. The Morgan fingerprint density at radius 2 is 1.95 bits per heavy atom. The minimum Gasteiger partial charge on any atom is -0.311 e. The highest BCUT2D eigenvalue weighted by molar-refractivity contribution is 7.17. The predicted molar refractivity (Wildman–Crippen MR) is 85.9 cm³/mol. The van der Waals surface area contributed by atoms with Crippen LogP contribution in [-0.2, 0) is 6.54 Å². The van der Waals surface area contributed by atoms with E-state index in [1.165, 1.54) is 15.6 Å². The Morgan fingerprint density at radius 3 is 2.68 bits per heavy atom. The van der Waals surface area contributed by atoms with Crippen molar-refractivity contribution in [2.45, 2.75) is 45.8 Å². The standard InChI is InChI=1S/C16H24N2S/c1-12(9-18-16(2,3)4)17-10-13-11-19-15-8-6-5-7-14(13)15/h5-8,11-12,17-18H,9-10H2,1-4H3. The van der Waals surface area contributed by atoms with E-state index in [0.29, 0.717) is 6.04 Å². The van der Waals surface area contributed by atoms with E-state index in [-0.39, 0.29) is 5.54 Å². The van der Waals surface area contributed by atoms with E-state index in [1.54, 1.807) is 0 Å². The molecule has 2 N–H and O–H groups in total. The van der Waals surface area contributed by atoms with Crippen LogP contribution in [0.15, 0.2) is 29.6 Å². The molecule has 1 unspecified atom stereocenters. The van der Waals surface area contributed by atoms with Crippen LogP contribution in [0.4, 0.5) is 0 Å². The molecule has 2 aromatic rings. The minimum absolute atomic E-state index is 0.186. The van der Waals surface area contributed by atoms with Crippen LogP contribution in [0, 0.1) is 0 Å². The lowest BCUT2D eigenvalue weighted by Crippen LogP contribution is -2.44. The van der Waals surface area contributed by atoms with E-state index >= 15 is 0 Å². The zero-order chi connectivity index (χ0) is 13.9. The van der Waals surface area contributed by atoms with Gasteiger partial charge < -0.3 is 10.6 Å². The highest BCUT2D eigenvalue weighted by Gasteiger charge is 2.11. The summed E-state index contributed by atoms with van der Waals surface area (Å²) < 4.78 is 1.37. The van der Waals surface area contributed by atoms with Gasteiger partial charge in [-0.1, -0.05) is 18.2 Å². The Bertz CT molecular complexity index is 525. The van der Waals surface area contributed by atoms with Crippen LogP contribution in [-0.4, -0.2) is 18.1 Å². The van der Waals surface area contributed by atoms with Gasteiger partial charge in [0.05, 0.1) is 0 Å². The number of hydrogen-bond donors (Lipinski definition) is 2. The first-order chi connectivity index (χ1) is 8.96. The lowest BCUT2D eigenvalue weighted by Gasteiger charge is -2.24. The third kappa shape index (κ3) is 4.30. The molecule has 0 aliphatic heterocycles. The highest BCUT2D eigenvalue weighted by atomic mass is 32.1. The van der Waals surface area contributed by atoms with E-state index in [4.69, 9.17) is 0 Å². The lowest BCUT2D eigenvalue weighted by atomic mass is 10.1. The van der Waals surface area contributed by atoms with E-state index in [9.17, 15) is 0 Å². The van der Waals surface area contributed by atoms with E-state index in [2.05, 4.69) is 68.0 Å². The molecule has 19 heavy (non-hydrogen) atoms. The van der Waals surface area contributed by atoms with Gasteiger partial charge >= 0.3 is 0 Å². The van der Waals surface area contributed by atoms with Gasteiger partial charge in [0.2, 0.25) is 0 Å². The fourth-order valence-corrected chi connectivity index (χ4v) is 2.95. The van der Waals surface area contributed by atoms with E-state index < -0.39 is 0 Å². The molecule has 2 rings (SSSR count). The number of nitrogens with one attached hydrogen (secondary N) is 2. The van der Waals surface area contributed by atoms with Crippen molar-refractivity contribution in [3.05, 3.63) is 35.2 Å². The van der Waals surface area contributed by atoms with Gasteiger partial charge in [0, 0.05) is 29.4 Å². The minimum atomic E-state index is 0.186. The molecule has 1 heterocycles. The number of rotatable bonds is 5. The zero-order valence-electron chi connectivity index (χ0n) is 12.3. The van der Waals surface area contributed by atoms with Crippen molar-refractivity contribution >= 4 is 21.4 Å². The number of hydrogen-bond acceptors (Lipinski definition) is 3. The third-order valence-electron chi connectivity index (χ3n) is 3.14. The summed E-state index contributed by atoms with van der Waals surface area (Å²) in [5, 5.41) is 10.8. The summed E-state index contributed by atoms with van der Waals surface area (Å²) in [5.41, 5.74) is 1.59. The maximum atomic E-state index is 3.59.